The molecule has 0 fully saturated rings. The van der Waals surface area contributed by atoms with Crippen LogP contribution in [0.4, 0.5) is 10.1 Å². The quantitative estimate of drug-likeness (QED) is 0.849. The summed E-state index contributed by atoms with van der Waals surface area (Å²) in [5.41, 5.74) is 3.69. The second-order valence-electron chi connectivity index (χ2n) is 4.55. The summed E-state index contributed by atoms with van der Waals surface area (Å²) in [5.74, 6) is -0.199. The van der Waals surface area contributed by atoms with Crippen molar-refractivity contribution in [2.24, 2.45) is 0 Å². The van der Waals surface area contributed by atoms with Gasteiger partial charge in [0.25, 0.3) is 0 Å². The molecule has 2 aromatic carbocycles. The van der Waals surface area contributed by atoms with Gasteiger partial charge in [0.15, 0.2) is 0 Å². The van der Waals surface area contributed by atoms with Crippen LogP contribution in [0, 0.1) is 5.82 Å². The van der Waals surface area contributed by atoms with E-state index in [1.165, 1.54) is 27.7 Å². The minimum Gasteiger partial charge on any atom is -0.378 e. The van der Waals surface area contributed by atoms with Crippen LogP contribution < -0.4 is 5.32 Å². The fourth-order valence-electron chi connectivity index (χ4n) is 2.51. The summed E-state index contributed by atoms with van der Waals surface area (Å²) in [7, 11) is 0. The van der Waals surface area contributed by atoms with Gasteiger partial charge in [-0.15, -0.1) is 0 Å². The molecule has 0 radical (unpaired) electrons. The average Bonchev–Trinajstić information content (AvgIpc) is 2.77. The Morgan fingerprint density at radius 1 is 1.11 bits per heavy atom. The molecule has 1 nitrogen and oxygen atoms in total. The maximum Gasteiger partial charge on any atom is 0.123 e. The topological polar surface area (TPSA) is 12.0 Å². The van der Waals surface area contributed by atoms with Gasteiger partial charge in [-0.25, -0.2) is 4.39 Å². The molecule has 2 aromatic rings. The molecule has 0 aliphatic heterocycles. The molecule has 0 saturated carbocycles. The molecule has 1 aliphatic rings. The van der Waals surface area contributed by atoms with E-state index >= 15 is 0 Å². The van der Waals surface area contributed by atoms with Gasteiger partial charge in [-0.1, -0.05) is 28.1 Å². The summed E-state index contributed by atoms with van der Waals surface area (Å²) in [5, 5.41) is 3.46. The van der Waals surface area contributed by atoms with E-state index in [0.717, 1.165) is 18.5 Å². The number of halogens is 2. The van der Waals surface area contributed by atoms with E-state index in [0.29, 0.717) is 6.04 Å². The van der Waals surface area contributed by atoms with Crippen molar-refractivity contribution in [3.05, 3.63) is 63.9 Å². The third-order valence-corrected chi connectivity index (χ3v) is 4.14. The molecule has 1 aliphatic carbocycles. The highest BCUT2D eigenvalue weighted by molar-refractivity contribution is 9.10. The Balaban J connectivity index is 1.85. The van der Waals surface area contributed by atoms with Gasteiger partial charge in [0.2, 0.25) is 0 Å². The van der Waals surface area contributed by atoms with Crippen LogP contribution in [0.15, 0.2) is 46.9 Å². The van der Waals surface area contributed by atoms with Crippen LogP contribution in [-0.4, -0.2) is 0 Å². The Morgan fingerprint density at radius 2 is 1.89 bits per heavy atom. The smallest absolute Gasteiger partial charge is 0.123 e. The van der Waals surface area contributed by atoms with Crippen molar-refractivity contribution >= 4 is 21.6 Å². The normalized spacial score (nSPS) is 17.6. The van der Waals surface area contributed by atoms with Crippen LogP contribution in [0.5, 0.6) is 0 Å². The van der Waals surface area contributed by atoms with Crippen molar-refractivity contribution in [1.82, 2.24) is 0 Å². The Hall–Kier alpha value is -1.35. The van der Waals surface area contributed by atoms with Crippen molar-refractivity contribution in [3.63, 3.8) is 0 Å². The molecule has 1 atom stereocenters. The molecule has 1 unspecified atom stereocenters. The summed E-state index contributed by atoms with van der Waals surface area (Å²) < 4.78 is 14.0. The molecule has 0 aromatic heterocycles. The van der Waals surface area contributed by atoms with Gasteiger partial charge in [-0.2, -0.15) is 0 Å². The van der Waals surface area contributed by atoms with Crippen molar-refractivity contribution in [3.8, 4) is 0 Å². The average molecular weight is 306 g/mol. The monoisotopic (exact) mass is 305 g/mol. The highest BCUT2D eigenvalue weighted by Gasteiger charge is 2.23. The first kappa shape index (κ1) is 11.7. The zero-order chi connectivity index (χ0) is 12.5. The Morgan fingerprint density at radius 3 is 2.67 bits per heavy atom. The second-order valence-corrected chi connectivity index (χ2v) is 5.40. The van der Waals surface area contributed by atoms with E-state index in [9.17, 15) is 4.39 Å². The molecule has 3 rings (SSSR count). The zero-order valence-corrected chi connectivity index (χ0v) is 11.4. The lowest BCUT2D eigenvalue weighted by Crippen LogP contribution is -2.06. The second kappa shape index (κ2) is 4.73. The lowest BCUT2D eigenvalue weighted by molar-refractivity contribution is 0.627. The molecule has 0 heterocycles. The minimum atomic E-state index is -0.199. The van der Waals surface area contributed by atoms with Gasteiger partial charge in [0.1, 0.15) is 5.82 Å². The number of hydrogen-bond donors (Lipinski definition) is 1. The highest BCUT2D eigenvalue weighted by atomic mass is 79.9. The molecular weight excluding hydrogens is 293 g/mol. The standard InChI is InChI=1S/C15H13BrFN/c16-14-3-1-2-13-12(14)8-9-15(13)18-11-6-4-10(17)5-7-11/h1-7,15,18H,8-9H2. The number of anilines is 1. The lowest BCUT2D eigenvalue weighted by atomic mass is 10.1. The molecule has 0 amide bonds. The van der Waals surface area contributed by atoms with Gasteiger partial charge >= 0.3 is 0 Å². The maximum absolute atomic E-state index is 12.9. The number of hydrogen-bond acceptors (Lipinski definition) is 1. The van der Waals surface area contributed by atoms with Crippen LogP contribution in [0.1, 0.15) is 23.6 Å². The van der Waals surface area contributed by atoms with Gasteiger partial charge in [-0.05, 0) is 54.3 Å². The first-order chi connectivity index (χ1) is 8.74. The largest absolute Gasteiger partial charge is 0.378 e. The van der Waals surface area contributed by atoms with Crippen LogP contribution in [0.3, 0.4) is 0 Å². The number of benzene rings is 2. The summed E-state index contributed by atoms with van der Waals surface area (Å²) in [6, 6.07) is 13.2. The van der Waals surface area contributed by atoms with Crippen molar-refractivity contribution in [2.45, 2.75) is 18.9 Å². The molecule has 0 spiro atoms. The Bertz CT molecular complexity index is 565. The van der Waals surface area contributed by atoms with E-state index in [-0.39, 0.29) is 5.82 Å². The van der Waals surface area contributed by atoms with Gasteiger partial charge < -0.3 is 5.32 Å². The fraction of sp³-hybridized carbons (Fsp3) is 0.200. The van der Waals surface area contributed by atoms with E-state index in [4.69, 9.17) is 0 Å². The molecule has 92 valence electrons. The van der Waals surface area contributed by atoms with Crippen LogP contribution in [-0.2, 0) is 6.42 Å². The van der Waals surface area contributed by atoms with Crippen molar-refractivity contribution in [2.75, 3.05) is 5.32 Å². The third kappa shape index (κ3) is 2.15. The first-order valence-corrected chi connectivity index (χ1v) is 6.83. The van der Waals surface area contributed by atoms with Gasteiger partial charge in [-0.3, -0.25) is 0 Å². The maximum atomic E-state index is 12.9. The molecule has 0 bridgehead atoms. The molecule has 0 saturated heterocycles. The summed E-state index contributed by atoms with van der Waals surface area (Å²) in [6.45, 7) is 0. The van der Waals surface area contributed by atoms with Crippen LogP contribution in [0.2, 0.25) is 0 Å². The molecule has 18 heavy (non-hydrogen) atoms. The number of nitrogens with one attached hydrogen (secondary N) is 1. The molecule has 3 heteroatoms. The van der Waals surface area contributed by atoms with Crippen molar-refractivity contribution in [1.29, 1.82) is 0 Å². The molecular formula is C15H13BrFN. The predicted octanol–water partition coefficient (Wildman–Crippen LogP) is 4.69. The molecule has 1 N–H and O–H groups in total. The van der Waals surface area contributed by atoms with E-state index in [2.05, 4.69) is 39.4 Å². The number of rotatable bonds is 2. The first-order valence-electron chi connectivity index (χ1n) is 6.03. The zero-order valence-electron chi connectivity index (χ0n) is 9.79. The Labute approximate surface area is 114 Å². The Kier molecular flexibility index (Phi) is 3.08. The predicted molar refractivity (Wildman–Crippen MR) is 75.2 cm³/mol. The van der Waals surface area contributed by atoms with E-state index in [1.54, 1.807) is 12.1 Å². The van der Waals surface area contributed by atoms with E-state index in [1.807, 2.05) is 0 Å². The van der Waals surface area contributed by atoms with Crippen LogP contribution in [0.25, 0.3) is 0 Å². The SMILES string of the molecule is Fc1ccc(NC2CCc3c(Br)cccc32)cc1. The number of fused-ring (bicyclic) bond motifs is 1. The summed E-state index contributed by atoms with van der Waals surface area (Å²) in [6.07, 6.45) is 2.16. The third-order valence-electron chi connectivity index (χ3n) is 3.40. The van der Waals surface area contributed by atoms with Gasteiger partial charge in [0, 0.05) is 10.2 Å². The summed E-state index contributed by atoms with van der Waals surface area (Å²) in [4.78, 5) is 0. The highest BCUT2D eigenvalue weighted by Crippen LogP contribution is 2.37. The van der Waals surface area contributed by atoms with Crippen molar-refractivity contribution < 1.29 is 4.39 Å². The minimum absolute atomic E-state index is 0.199. The van der Waals surface area contributed by atoms with Crippen LogP contribution >= 0.6 is 15.9 Å². The van der Waals surface area contributed by atoms with E-state index < -0.39 is 0 Å². The van der Waals surface area contributed by atoms with Gasteiger partial charge in [0.05, 0.1) is 6.04 Å². The summed E-state index contributed by atoms with van der Waals surface area (Å²) >= 11 is 3.59. The lowest BCUT2D eigenvalue weighted by Gasteiger charge is -2.15. The fourth-order valence-corrected chi connectivity index (χ4v) is 3.09.